The Labute approximate surface area is 131 Å². The molecule has 0 radical (unpaired) electrons. The average molecular weight is 352 g/mol. The van der Waals surface area contributed by atoms with Crippen molar-refractivity contribution in [2.75, 3.05) is 12.4 Å². The van der Waals surface area contributed by atoms with Crippen LogP contribution in [-0.2, 0) is 0 Å². The first-order valence-electron chi connectivity index (χ1n) is 5.89. The van der Waals surface area contributed by atoms with E-state index in [1.165, 1.54) is 0 Å². The van der Waals surface area contributed by atoms with Crippen LogP contribution < -0.4 is 10.1 Å². The summed E-state index contributed by atoms with van der Waals surface area (Å²) in [6.07, 6.45) is 0. The van der Waals surface area contributed by atoms with Gasteiger partial charge in [0.05, 0.1) is 13.2 Å². The van der Waals surface area contributed by atoms with Gasteiger partial charge in [0, 0.05) is 20.7 Å². The first-order valence-corrected chi connectivity index (χ1v) is 7.06. The predicted molar refractivity (Wildman–Crippen MR) is 84.1 cm³/mol. The minimum atomic E-state index is -0.486. The number of nitriles is 1. The summed E-state index contributed by atoms with van der Waals surface area (Å²) >= 11 is 9.31. The van der Waals surface area contributed by atoms with Gasteiger partial charge in [-0.2, -0.15) is 5.26 Å². The average Bonchev–Trinajstić information content (AvgIpc) is 2.47. The Balaban J connectivity index is 2.28. The zero-order chi connectivity index (χ0) is 14.5. The van der Waals surface area contributed by atoms with Gasteiger partial charge in [-0.05, 0) is 42.5 Å². The van der Waals surface area contributed by atoms with Gasteiger partial charge in [-0.3, -0.25) is 0 Å². The van der Waals surface area contributed by atoms with Crippen molar-refractivity contribution in [3.8, 4) is 11.8 Å². The molecule has 0 aromatic heterocycles. The second-order valence-electron chi connectivity index (χ2n) is 4.10. The number of anilines is 1. The first kappa shape index (κ1) is 14.7. The number of methoxy groups -OCH3 is 1. The van der Waals surface area contributed by atoms with E-state index in [-0.39, 0.29) is 0 Å². The smallest absolute Gasteiger partial charge is 0.141 e. The molecule has 2 rings (SSSR count). The lowest BCUT2D eigenvalue weighted by Gasteiger charge is -2.16. The molecule has 5 heteroatoms. The van der Waals surface area contributed by atoms with E-state index in [1.54, 1.807) is 19.2 Å². The molecule has 0 bridgehead atoms. The minimum absolute atomic E-state index is 0.486. The maximum Gasteiger partial charge on any atom is 0.141 e. The highest BCUT2D eigenvalue weighted by Gasteiger charge is 2.14. The fourth-order valence-corrected chi connectivity index (χ4v) is 2.36. The summed E-state index contributed by atoms with van der Waals surface area (Å²) in [6.45, 7) is 0. The van der Waals surface area contributed by atoms with Crippen LogP contribution in [0.25, 0.3) is 0 Å². The van der Waals surface area contributed by atoms with E-state index in [1.807, 2.05) is 30.3 Å². The summed E-state index contributed by atoms with van der Waals surface area (Å²) < 4.78 is 6.05. The van der Waals surface area contributed by atoms with Crippen LogP contribution in [0.2, 0.25) is 5.02 Å². The van der Waals surface area contributed by atoms with Gasteiger partial charge < -0.3 is 10.1 Å². The third-order valence-electron chi connectivity index (χ3n) is 2.80. The standard InChI is InChI=1S/C15H12BrClN2O/c1-20-12-6-7-14(16)13(8-12)15(9-18)19-11-4-2-10(17)3-5-11/h2-8,15,19H,1H3. The predicted octanol–water partition coefficient (Wildman–Crippen LogP) is 4.79. The molecule has 2 aromatic rings. The van der Waals surface area contributed by atoms with Gasteiger partial charge in [0.1, 0.15) is 11.8 Å². The van der Waals surface area contributed by atoms with Crippen molar-refractivity contribution < 1.29 is 4.74 Å². The number of halogens is 2. The maximum atomic E-state index is 9.38. The molecule has 0 amide bonds. The summed E-state index contributed by atoms with van der Waals surface area (Å²) in [5.41, 5.74) is 1.65. The van der Waals surface area contributed by atoms with Crippen molar-refractivity contribution in [2.24, 2.45) is 0 Å². The number of benzene rings is 2. The van der Waals surface area contributed by atoms with Crippen LogP contribution in [0.3, 0.4) is 0 Å². The van der Waals surface area contributed by atoms with Crippen molar-refractivity contribution >= 4 is 33.2 Å². The van der Waals surface area contributed by atoms with Crippen LogP contribution in [0.15, 0.2) is 46.9 Å². The maximum absolute atomic E-state index is 9.38. The van der Waals surface area contributed by atoms with Crippen LogP contribution in [0.4, 0.5) is 5.69 Å². The van der Waals surface area contributed by atoms with Crippen LogP contribution in [0.5, 0.6) is 5.75 Å². The molecule has 0 fully saturated rings. The number of nitrogens with zero attached hydrogens (tertiary/aromatic N) is 1. The third kappa shape index (κ3) is 3.44. The molecule has 2 aromatic carbocycles. The quantitative estimate of drug-likeness (QED) is 0.861. The first-order chi connectivity index (χ1) is 9.63. The molecule has 1 atom stereocenters. The Morgan fingerprint density at radius 1 is 1.25 bits per heavy atom. The van der Waals surface area contributed by atoms with E-state index in [0.717, 1.165) is 15.7 Å². The Hall–Kier alpha value is -1.70. The molecule has 0 spiro atoms. The molecule has 0 aliphatic heterocycles. The molecule has 0 saturated carbocycles. The summed E-state index contributed by atoms with van der Waals surface area (Å²) in [5, 5.41) is 13.2. The number of nitrogens with one attached hydrogen (secondary N) is 1. The van der Waals surface area contributed by atoms with Crippen LogP contribution >= 0.6 is 27.5 Å². The van der Waals surface area contributed by atoms with Crippen LogP contribution in [0, 0.1) is 11.3 Å². The molecule has 102 valence electrons. The largest absolute Gasteiger partial charge is 0.497 e. The zero-order valence-corrected chi connectivity index (χ0v) is 13.1. The summed E-state index contributed by atoms with van der Waals surface area (Å²) in [4.78, 5) is 0. The highest BCUT2D eigenvalue weighted by molar-refractivity contribution is 9.10. The molecule has 0 aliphatic rings. The number of hydrogen-bond donors (Lipinski definition) is 1. The fraction of sp³-hybridized carbons (Fsp3) is 0.133. The van der Waals surface area contributed by atoms with Gasteiger partial charge in [-0.1, -0.05) is 27.5 Å². The van der Waals surface area contributed by atoms with Gasteiger partial charge >= 0.3 is 0 Å². The Morgan fingerprint density at radius 2 is 1.95 bits per heavy atom. The van der Waals surface area contributed by atoms with Gasteiger partial charge in [0.2, 0.25) is 0 Å². The van der Waals surface area contributed by atoms with E-state index in [0.29, 0.717) is 10.8 Å². The topological polar surface area (TPSA) is 45.0 Å². The van der Waals surface area contributed by atoms with Crippen LogP contribution in [-0.4, -0.2) is 7.11 Å². The van der Waals surface area contributed by atoms with Crippen molar-refractivity contribution in [1.29, 1.82) is 5.26 Å². The van der Waals surface area contributed by atoms with E-state index >= 15 is 0 Å². The van der Waals surface area contributed by atoms with Crippen molar-refractivity contribution in [2.45, 2.75) is 6.04 Å². The third-order valence-corrected chi connectivity index (χ3v) is 3.77. The normalized spacial score (nSPS) is 11.5. The molecule has 0 heterocycles. The molecular formula is C15H12BrClN2O. The summed E-state index contributed by atoms with van der Waals surface area (Å²) in [6, 6.07) is 14.5. The van der Waals surface area contributed by atoms with Crippen molar-refractivity contribution in [1.82, 2.24) is 0 Å². The van der Waals surface area contributed by atoms with Gasteiger partial charge in [-0.25, -0.2) is 0 Å². The summed E-state index contributed by atoms with van der Waals surface area (Å²) in [7, 11) is 1.60. The zero-order valence-electron chi connectivity index (χ0n) is 10.7. The molecule has 0 aliphatic carbocycles. The molecule has 1 unspecified atom stereocenters. The Bertz CT molecular complexity index is 637. The van der Waals surface area contributed by atoms with Crippen molar-refractivity contribution in [3.05, 3.63) is 57.5 Å². The highest BCUT2D eigenvalue weighted by Crippen LogP contribution is 2.30. The van der Waals surface area contributed by atoms with E-state index in [9.17, 15) is 5.26 Å². The highest BCUT2D eigenvalue weighted by atomic mass is 79.9. The molecule has 3 nitrogen and oxygen atoms in total. The van der Waals surface area contributed by atoms with Crippen LogP contribution in [0.1, 0.15) is 11.6 Å². The number of hydrogen-bond acceptors (Lipinski definition) is 3. The van der Waals surface area contributed by atoms with Gasteiger partial charge in [-0.15, -0.1) is 0 Å². The van der Waals surface area contributed by atoms with Gasteiger partial charge in [0.25, 0.3) is 0 Å². The lowest BCUT2D eigenvalue weighted by atomic mass is 10.1. The molecule has 20 heavy (non-hydrogen) atoms. The second kappa shape index (κ2) is 6.65. The van der Waals surface area contributed by atoms with E-state index in [4.69, 9.17) is 16.3 Å². The minimum Gasteiger partial charge on any atom is -0.497 e. The Morgan fingerprint density at radius 3 is 2.55 bits per heavy atom. The van der Waals surface area contributed by atoms with E-state index in [2.05, 4.69) is 27.3 Å². The monoisotopic (exact) mass is 350 g/mol. The number of rotatable bonds is 4. The lowest BCUT2D eigenvalue weighted by Crippen LogP contribution is -2.09. The molecule has 0 saturated heterocycles. The van der Waals surface area contributed by atoms with E-state index < -0.39 is 6.04 Å². The fourth-order valence-electron chi connectivity index (χ4n) is 1.76. The second-order valence-corrected chi connectivity index (χ2v) is 5.39. The van der Waals surface area contributed by atoms with Crippen molar-refractivity contribution in [3.63, 3.8) is 0 Å². The Kier molecular flexibility index (Phi) is 4.89. The lowest BCUT2D eigenvalue weighted by molar-refractivity contribution is 0.414. The number of ether oxygens (including phenoxy) is 1. The van der Waals surface area contributed by atoms with Gasteiger partial charge in [0.15, 0.2) is 0 Å². The summed E-state index contributed by atoms with van der Waals surface area (Å²) in [5.74, 6) is 0.710. The molecular weight excluding hydrogens is 340 g/mol. The molecule has 1 N–H and O–H groups in total. The SMILES string of the molecule is COc1ccc(Br)c(C(C#N)Nc2ccc(Cl)cc2)c1.